The Kier molecular flexibility index (Phi) is 3.74. The average molecular weight is 270 g/mol. The Labute approximate surface area is 100 Å². The first-order valence-corrected chi connectivity index (χ1v) is 7.48. The number of likely N-dealkylation sites (tertiary alicyclic amines) is 1. The van der Waals surface area contributed by atoms with E-state index in [-0.39, 0.29) is 11.8 Å². The lowest BCUT2D eigenvalue weighted by Crippen LogP contribution is -2.55. The maximum absolute atomic E-state index is 11.6. The number of carbonyl (C=O) groups excluding carboxylic acids is 1. The number of rotatable bonds is 2. The molecule has 1 heterocycles. The van der Waals surface area contributed by atoms with Crippen molar-refractivity contribution in [3.8, 4) is 0 Å². The number of hydrogen-bond acceptors (Lipinski definition) is 4. The molecule has 1 fully saturated rings. The van der Waals surface area contributed by atoms with Gasteiger partial charge in [0.2, 0.25) is 9.05 Å². The van der Waals surface area contributed by atoms with E-state index in [1.807, 2.05) is 0 Å². The van der Waals surface area contributed by atoms with E-state index in [1.165, 1.54) is 4.90 Å². The molecule has 0 bridgehead atoms. The highest BCUT2D eigenvalue weighted by molar-refractivity contribution is 8.13. The van der Waals surface area contributed by atoms with E-state index in [9.17, 15) is 13.2 Å². The van der Waals surface area contributed by atoms with Crippen LogP contribution >= 0.6 is 10.7 Å². The van der Waals surface area contributed by atoms with E-state index < -0.39 is 20.7 Å². The molecule has 16 heavy (non-hydrogen) atoms. The van der Waals surface area contributed by atoms with Crippen molar-refractivity contribution < 1.29 is 17.9 Å². The van der Waals surface area contributed by atoms with E-state index in [0.717, 1.165) is 0 Å². The highest BCUT2D eigenvalue weighted by atomic mass is 35.7. The van der Waals surface area contributed by atoms with Crippen LogP contribution < -0.4 is 0 Å². The van der Waals surface area contributed by atoms with Gasteiger partial charge in [0.05, 0.1) is 11.8 Å². The predicted molar refractivity (Wildman–Crippen MR) is 61.0 cm³/mol. The van der Waals surface area contributed by atoms with E-state index in [1.54, 1.807) is 20.8 Å². The van der Waals surface area contributed by atoms with E-state index in [4.69, 9.17) is 15.4 Å². The van der Waals surface area contributed by atoms with Gasteiger partial charge in [0.1, 0.15) is 5.60 Å². The SMILES string of the molecule is CC(C)(C)OC(=O)N1CCC1CS(=O)(=O)Cl. The number of carbonyl (C=O) groups is 1. The third-order valence-electron chi connectivity index (χ3n) is 2.16. The monoisotopic (exact) mass is 269 g/mol. The van der Waals surface area contributed by atoms with Gasteiger partial charge in [0, 0.05) is 17.2 Å². The molecule has 0 radical (unpaired) electrons. The molecule has 5 nitrogen and oxygen atoms in total. The Balaban J connectivity index is 2.53. The third-order valence-corrected chi connectivity index (χ3v) is 3.32. The zero-order valence-electron chi connectivity index (χ0n) is 9.57. The minimum atomic E-state index is -3.57. The summed E-state index contributed by atoms with van der Waals surface area (Å²) in [7, 11) is 1.57. The topological polar surface area (TPSA) is 63.7 Å². The van der Waals surface area contributed by atoms with Gasteiger partial charge in [-0.25, -0.2) is 13.2 Å². The van der Waals surface area contributed by atoms with Gasteiger partial charge in [-0.2, -0.15) is 0 Å². The number of amides is 1. The van der Waals surface area contributed by atoms with Gasteiger partial charge in [-0.3, -0.25) is 0 Å². The van der Waals surface area contributed by atoms with Crippen molar-refractivity contribution in [3.05, 3.63) is 0 Å². The molecule has 0 aromatic heterocycles. The first-order valence-electron chi connectivity index (χ1n) is 5.00. The van der Waals surface area contributed by atoms with Crippen LogP contribution in [0.1, 0.15) is 27.2 Å². The molecule has 1 aliphatic rings. The minimum Gasteiger partial charge on any atom is -0.444 e. The maximum Gasteiger partial charge on any atom is 0.410 e. The Morgan fingerprint density at radius 3 is 2.38 bits per heavy atom. The molecule has 0 aliphatic carbocycles. The van der Waals surface area contributed by atoms with E-state index >= 15 is 0 Å². The van der Waals surface area contributed by atoms with Crippen molar-refractivity contribution in [2.24, 2.45) is 0 Å². The summed E-state index contributed by atoms with van der Waals surface area (Å²) in [6.45, 7) is 5.81. The molecular formula is C9H16ClNO4S. The van der Waals surface area contributed by atoms with Gasteiger partial charge in [-0.1, -0.05) is 0 Å². The largest absolute Gasteiger partial charge is 0.444 e. The zero-order chi connectivity index (χ0) is 12.6. The summed E-state index contributed by atoms with van der Waals surface area (Å²) < 4.78 is 26.9. The molecule has 1 rings (SSSR count). The fourth-order valence-corrected chi connectivity index (χ4v) is 2.65. The van der Waals surface area contributed by atoms with Crippen molar-refractivity contribution in [2.75, 3.05) is 12.3 Å². The fourth-order valence-electron chi connectivity index (χ4n) is 1.40. The lowest BCUT2D eigenvalue weighted by Gasteiger charge is -2.40. The summed E-state index contributed by atoms with van der Waals surface area (Å²) in [5, 5.41) is 0. The van der Waals surface area contributed by atoms with Gasteiger partial charge in [-0.15, -0.1) is 0 Å². The lowest BCUT2D eigenvalue weighted by atomic mass is 10.1. The second-order valence-corrected chi connectivity index (χ2v) is 7.64. The van der Waals surface area contributed by atoms with Crippen LogP contribution in [-0.2, 0) is 13.8 Å². The van der Waals surface area contributed by atoms with Crippen LogP contribution in [0.5, 0.6) is 0 Å². The van der Waals surface area contributed by atoms with Crippen LogP contribution in [0.3, 0.4) is 0 Å². The van der Waals surface area contributed by atoms with Gasteiger partial charge in [0.25, 0.3) is 0 Å². The summed E-state index contributed by atoms with van der Waals surface area (Å²) in [5.41, 5.74) is -0.572. The first-order chi connectivity index (χ1) is 7.08. The summed E-state index contributed by atoms with van der Waals surface area (Å²) in [5.74, 6) is -0.214. The second kappa shape index (κ2) is 4.41. The molecule has 1 unspecified atom stereocenters. The molecule has 0 saturated carbocycles. The summed E-state index contributed by atoms with van der Waals surface area (Å²) in [6, 6.07) is -0.350. The molecule has 1 aliphatic heterocycles. The molecule has 1 amide bonds. The molecule has 0 spiro atoms. The number of ether oxygens (including phenoxy) is 1. The molecule has 0 N–H and O–H groups in total. The van der Waals surface area contributed by atoms with Crippen molar-refractivity contribution in [3.63, 3.8) is 0 Å². The molecule has 0 aromatic carbocycles. The first kappa shape index (κ1) is 13.6. The molecule has 0 aromatic rings. The Morgan fingerprint density at radius 2 is 2.06 bits per heavy atom. The fraction of sp³-hybridized carbons (Fsp3) is 0.889. The molecule has 1 atom stereocenters. The zero-order valence-corrected chi connectivity index (χ0v) is 11.1. The Morgan fingerprint density at radius 1 is 1.50 bits per heavy atom. The van der Waals surface area contributed by atoms with Crippen LogP contribution in [0.25, 0.3) is 0 Å². The standard InChI is InChI=1S/C9H16ClNO4S/c1-9(2,3)15-8(12)11-5-4-7(11)6-16(10,13)14/h7H,4-6H2,1-3H3. The average Bonchev–Trinajstić information content (AvgIpc) is 1.92. The molecule has 94 valence electrons. The Bertz CT molecular complexity index is 373. The van der Waals surface area contributed by atoms with Crippen molar-refractivity contribution >= 4 is 25.8 Å². The molecule has 1 saturated heterocycles. The second-order valence-electron chi connectivity index (χ2n) is 4.82. The highest BCUT2D eigenvalue weighted by Crippen LogP contribution is 2.23. The smallest absolute Gasteiger partial charge is 0.410 e. The van der Waals surface area contributed by atoms with E-state index in [2.05, 4.69) is 0 Å². The van der Waals surface area contributed by atoms with Crippen molar-refractivity contribution in [1.82, 2.24) is 4.90 Å². The number of halogens is 1. The van der Waals surface area contributed by atoms with Gasteiger partial charge < -0.3 is 9.64 Å². The number of hydrogen-bond donors (Lipinski definition) is 0. The molecular weight excluding hydrogens is 254 g/mol. The summed E-state index contributed by atoms with van der Waals surface area (Å²) >= 11 is 0. The van der Waals surface area contributed by atoms with Crippen molar-refractivity contribution in [2.45, 2.75) is 38.8 Å². The van der Waals surface area contributed by atoms with E-state index in [0.29, 0.717) is 13.0 Å². The Hall–Kier alpha value is -0.490. The normalized spacial score (nSPS) is 21.5. The van der Waals surface area contributed by atoms with Crippen LogP contribution in [0.2, 0.25) is 0 Å². The van der Waals surface area contributed by atoms with Gasteiger partial charge >= 0.3 is 6.09 Å². The third kappa shape index (κ3) is 4.17. The summed E-state index contributed by atoms with van der Waals surface area (Å²) in [6.07, 6.45) is 0.162. The molecule has 7 heteroatoms. The van der Waals surface area contributed by atoms with Gasteiger partial charge in [0.15, 0.2) is 0 Å². The van der Waals surface area contributed by atoms with Crippen LogP contribution in [0, 0.1) is 0 Å². The van der Waals surface area contributed by atoms with Crippen LogP contribution in [0.15, 0.2) is 0 Å². The lowest BCUT2D eigenvalue weighted by molar-refractivity contribution is -0.00109. The van der Waals surface area contributed by atoms with Crippen molar-refractivity contribution in [1.29, 1.82) is 0 Å². The van der Waals surface area contributed by atoms with Crippen LogP contribution in [0.4, 0.5) is 4.79 Å². The number of nitrogens with zero attached hydrogens (tertiary/aromatic N) is 1. The quantitative estimate of drug-likeness (QED) is 0.714. The predicted octanol–water partition coefficient (Wildman–Crippen LogP) is 1.56. The maximum atomic E-state index is 11.6. The summed E-state index contributed by atoms with van der Waals surface area (Å²) in [4.78, 5) is 13.0. The van der Waals surface area contributed by atoms with Crippen LogP contribution in [-0.4, -0.2) is 43.4 Å². The highest BCUT2D eigenvalue weighted by Gasteiger charge is 2.37. The van der Waals surface area contributed by atoms with Gasteiger partial charge in [-0.05, 0) is 27.2 Å². The minimum absolute atomic E-state index is 0.214.